The van der Waals surface area contributed by atoms with Crippen LogP contribution in [0.3, 0.4) is 0 Å². The molecule has 17 heavy (non-hydrogen) atoms. The second kappa shape index (κ2) is 4.74. The number of anilines is 1. The molecule has 0 aliphatic heterocycles. The smallest absolute Gasteiger partial charge is 0.0709 e. The molecule has 1 aromatic carbocycles. The normalized spacial score (nSPS) is 10.8. The Hall–Kier alpha value is -1.57. The minimum atomic E-state index is 1.04. The van der Waals surface area contributed by atoms with Crippen LogP contribution in [0.4, 0.5) is 5.69 Å². The van der Waals surface area contributed by atoms with E-state index in [1.165, 1.54) is 16.6 Å². The molecule has 0 amide bonds. The van der Waals surface area contributed by atoms with E-state index in [1.807, 2.05) is 6.92 Å². The predicted octanol–water partition coefficient (Wildman–Crippen LogP) is 3.70. The number of rotatable bonds is 3. The Kier molecular flexibility index (Phi) is 3.32. The van der Waals surface area contributed by atoms with Gasteiger partial charge in [-0.1, -0.05) is 0 Å². The lowest BCUT2D eigenvalue weighted by atomic mass is 10.1. The number of nitrogens with zero attached hydrogens (tertiary/aromatic N) is 2. The summed E-state index contributed by atoms with van der Waals surface area (Å²) >= 11 is 0. The van der Waals surface area contributed by atoms with E-state index in [2.05, 4.69) is 54.9 Å². The third-order valence-corrected chi connectivity index (χ3v) is 3.26. The van der Waals surface area contributed by atoms with Gasteiger partial charge in [0.05, 0.1) is 5.52 Å². The molecule has 0 fully saturated rings. The molecule has 2 aromatic rings. The first-order valence-electron chi connectivity index (χ1n) is 6.28. The first kappa shape index (κ1) is 11.9. The Morgan fingerprint density at radius 1 is 1.06 bits per heavy atom. The summed E-state index contributed by atoms with van der Waals surface area (Å²) in [6.45, 7) is 10.7. The maximum absolute atomic E-state index is 4.57. The SMILES string of the molecule is CCN(CC)c1ccc2nc(C)cc(C)c2c1. The van der Waals surface area contributed by atoms with Crippen molar-refractivity contribution in [1.29, 1.82) is 0 Å². The minimum absolute atomic E-state index is 1.04. The van der Waals surface area contributed by atoms with Crippen LogP contribution in [0.1, 0.15) is 25.1 Å². The molecule has 2 rings (SSSR count). The van der Waals surface area contributed by atoms with Crippen LogP contribution in [0.2, 0.25) is 0 Å². The van der Waals surface area contributed by atoms with Gasteiger partial charge in [-0.15, -0.1) is 0 Å². The lowest BCUT2D eigenvalue weighted by Crippen LogP contribution is -2.21. The van der Waals surface area contributed by atoms with Crippen molar-refractivity contribution in [2.75, 3.05) is 18.0 Å². The molecule has 0 aliphatic carbocycles. The highest BCUT2D eigenvalue weighted by Crippen LogP contribution is 2.24. The quantitative estimate of drug-likeness (QED) is 0.796. The fourth-order valence-corrected chi connectivity index (χ4v) is 2.34. The molecule has 0 radical (unpaired) electrons. The summed E-state index contributed by atoms with van der Waals surface area (Å²) in [7, 11) is 0. The van der Waals surface area contributed by atoms with E-state index in [0.29, 0.717) is 0 Å². The molecule has 1 heterocycles. The molecule has 1 aromatic heterocycles. The van der Waals surface area contributed by atoms with Crippen LogP contribution >= 0.6 is 0 Å². The van der Waals surface area contributed by atoms with Crippen LogP contribution in [0.25, 0.3) is 10.9 Å². The van der Waals surface area contributed by atoms with Gasteiger partial charge < -0.3 is 4.90 Å². The molecule has 0 saturated heterocycles. The van der Waals surface area contributed by atoms with Gasteiger partial charge in [-0.2, -0.15) is 0 Å². The predicted molar refractivity (Wildman–Crippen MR) is 74.8 cm³/mol. The second-order valence-electron chi connectivity index (χ2n) is 4.45. The molecule has 2 heteroatoms. The number of aryl methyl sites for hydroxylation is 2. The summed E-state index contributed by atoms with van der Waals surface area (Å²) in [5.74, 6) is 0. The Labute approximate surface area is 103 Å². The van der Waals surface area contributed by atoms with E-state index in [4.69, 9.17) is 0 Å². The lowest BCUT2D eigenvalue weighted by molar-refractivity contribution is 0.867. The third-order valence-electron chi connectivity index (χ3n) is 3.26. The van der Waals surface area contributed by atoms with Gasteiger partial charge in [0, 0.05) is 29.9 Å². The zero-order valence-corrected chi connectivity index (χ0v) is 11.1. The average Bonchev–Trinajstić information content (AvgIpc) is 2.31. The van der Waals surface area contributed by atoms with E-state index in [0.717, 1.165) is 24.3 Å². The number of aromatic nitrogens is 1. The van der Waals surface area contributed by atoms with Crippen molar-refractivity contribution in [2.24, 2.45) is 0 Å². The number of hydrogen-bond donors (Lipinski definition) is 0. The number of hydrogen-bond acceptors (Lipinski definition) is 2. The Bertz CT molecular complexity index is 528. The average molecular weight is 228 g/mol. The summed E-state index contributed by atoms with van der Waals surface area (Å²) in [5.41, 5.74) is 4.78. The van der Waals surface area contributed by atoms with E-state index < -0.39 is 0 Å². The monoisotopic (exact) mass is 228 g/mol. The Balaban J connectivity index is 2.57. The highest BCUT2D eigenvalue weighted by molar-refractivity contribution is 5.85. The summed E-state index contributed by atoms with van der Waals surface area (Å²) in [4.78, 5) is 6.93. The van der Waals surface area contributed by atoms with Crippen molar-refractivity contribution in [2.45, 2.75) is 27.7 Å². The maximum atomic E-state index is 4.57. The van der Waals surface area contributed by atoms with E-state index in [1.54, 1.807) is 0 Å². The number of fused-ring (bicyclic) bond motifs is 1. The summed E-state index contributed by atoms with van der Waals surface area (Å²) in [6.07, 6.45) is 0. The summed E-state index contributed by atoms with van der Waals surface area (Å²) in [6, 6.07) is 8.70. The van der Waals surface area contributed by atoms with Crippen LogP contribution in [-0.4, -0.2) is 18.1 Å². The maximum Gasteiger partial charge on any atom is 0.0709 e. The molecular weight excluding hydrogens is 208 g/mol. The summed E-state index contributed by atoms with van der Waals surface area (Å²) < 4.78 is 0. The Morgan fingerprint density at radius 2 is 1.76 bits per heavy atom. The van der Waals surface area contributed by atoms with Crippen LogP contribution < -0.4 is 4.90 Å². The topological polar surface area (TPSA) is 16.1 Å². The van der Waals surface area contributed by atoms with Crippen LogP contribution in [0, 0.1) is 13.8 Å². The number of benzene rings is 1. The molecular formula is C15H20N2. The lowest BCUT2D eigenvalue weighted by Gasteiger charge is -2.21. The summed E-state index contributed by atoms with van der Waals surface area (Å²) in [5, 5.41) is 1.26. The molecule has 0 bridgehead atoms. The molecule has 0 spiro atoms. The van der Waals surface area contributed by atoms with Crippen LogP contribution in [-0.2, 0) is 0 Å². The molecule has 0 N–H and O–H groups in total. The fraction of sp³-hybridized carbons (Fsp3) is 0.400. The molecule has 0 aliphatic rings. The van der Waals surface area contributed by atoms with Crippen molar-refractivity contribution in [1.82, 2.24) is 4.98 Å². The second-order valence-corrected chi connectivity index (χ2v) is 4.45. The van der Waals surface area contributed by atoms with E-state index in [9.17, 15) is 0 Å². The van der Waals surface area contributed by atoms with Crippen molar-refractivity contribution in [3.05, 3.63) is 35.5 Å². The fourth-order valence-electron chi connectivity index (χ4n) is 2.34. The van der Waals surface area contributed by atoms with Crippen molar-refractivity contribution < 1.29 is 0 Å². The largest absolute Gasteiger partial charge is 0.372 e. The third kappa shape index (κ3) is 2.26. The van der Waals surface area contributed by atoms with Crippen molar-refractivity contribution >= 4 is 16.6 Å². The van der Waals surface area contributed by atoms with Gasteiger partial charge in [-0.3, -0.25) is 4.98 Å². The molecule has 2 nitrogen and oxygen atoms in total. The highest BCUT2D eigenvalue weighted by atomic mass is 15.1. The van der Waals surface area contributed by atoms with Gasteiger partial charge in [0.1, 0.15) is 0 Å². The molecule has 0 atom stereocenters. The highest BCUT2D eigenvalue weighted by Gasteiger charge is 2.05. The standard InChI is InChI=1S/C15H20N2/c1-5-17(6-2)13-7-8-15-14(10-13)11(3)9-12(4)16-15/h7-10H,5-6H2,1-4H3. The molecule has 0 saturated carbocycles. The van der Waals surface area contributed by atoms with Gasteiger partial charge in [-0.05, 0) is 57.5 Å². The molecule has 90 valence electrons. The zero-order valence-electron chi connectivity index (χ0n) is 11.1. The van der Waals surface area contributed by atoms with Gasteiger partial charge >= 0.3 is 0 Å². The van der Waals surface area contributed by atoms with Gasteiger partial charge in [0.15, 0.2) is 0 Å². The van der Waals surface area contributed by atoms with Gasteiger partial charge in [-0.25, -0.2) is 0 Å². The van der Waals surface area contributed by atoms with Crippen molar-refractivity contribution in [3.8, 4) is 0 Å². The zero-order chi connectivity index (χ0) is 12.4. The first-order valence-corrected chi connectivity index (χ1v) is 6.28. The van der Waals surface area contributed by atoms with Crippen LogP contribution in [0.15, 0.2) is 24.3 Å². The van der Waals surface area contributed by atoms with Crippen LogP contribution in [0.5, 0.6) is 0 Å². The van der Waals surface area contributed by atoms with E-state index in [-0.39, 0.29) is 0 Å². The van der Waals surface area contributed by atoms with Gasteiger partial charge in [0.25, 0.3) is 0 Å². The number of pyridine rings is 1. The first-order chi connectivity index (χ1) is 8.15. The minimum Gasteiger partial charge on any atom is -0.372 e. The van der Waals surface area contributed by atoms with E-state index >= 15 is 0 Å². The Morgan fingerprint density at radius 3 is 2.41 bits per heavy atom. The van der Waals surface area contributed by atoms with Crippen molar-refractivity contribution in [3.63, 3.8) is 0 Å². The van der Waals surface area contributed by atoms with Gasteiger partial charge in [0.2, 0.25) is 0 Å². The molecule has 0 unspecified atom stereocenters.